The second kappa shape index (κ2) is 8.03. The van der Waals surface area contributed by atoms with Crippen molar-refractivity contribution in [2.45, 2.75) is 32.2 Å². The van der Waals surface area contributed by atoms with Crippen molar-refractivity contribution in [1.82, 2.24) is 20.2 Å². The molecule has 0 unspecified atom stereocenters. The molecule has 3 aliphatic rings. The number of anilines is 1. The lowest BCUT2D eigenvalue weighted by Gasteiger charge is -2.32. The first-order valence-corrected chi connectivity index (χ1v) is 11.7. The number of likely N-dealkylation sites (tertiary alicyclic amines) is 1. The molecular formula is C22H29N5OS. The monoisotopic (exact) mass is 411 g/mol. The minimum atomic E-state index is -0.335. The fourth-order valence-electron chi connectivity index (χ4n) is 4.99. The molecule has 2 aliphatic heterocycles. The van der Waals surface area contributed by atoms with Gasteiger partial charge in [0.25, 0.3) is 0 Å². The van der Waals surface area contributed by atoms with Crippen molar-refractivity contribution in [2.75, 3.05) is 37.6 Å². The normalized spacial score (nSPS) is 27.4. The van der Waals surface area contributed by atoms with Crippen LogP contribution in [0.25, 0.3) is 0 Å². The van der Waals surface area contributed by atoms with Gasteiger partial charge in [-0.05, 0) is 55.7 Å². The third-order valence-corrected chi connectivity index (χ3v) is 7.63. The number of hydrogen-bond acceptors (Lipinski definition) is 6. The largest absolute Gasteiger partial charge is 0.355 e. The molecule has 1 N–H and O–H groups in total. The van der Waals surface area contributed by atoms with Gasteiger partial charge in [0.2, 0.25) is 11.9 Å². The van der Waals surface area contributed by atoms with Crippen molar-refractivity contribution in [3.63, 3.8) is 0 Å². The van der Waals surface area contributed by atoms with Crippen LogP contribution in [-0.4, -0.2) is 53.5 Å². The van der Waals surface area contributed by atoms with Gasteiger partial charge >= 0.3 is 0 Å². The number of rotatable bonds is 6. The summed E-state index contributed by atoms with van der Waals surface area (Å²) in [5.41, 5.74) is -0.335. The maximum absolute atomic E-state index is 13.5. The van der Waals surface area contributed by atoms with E-state index >= 15 is 0 Å². The molecular weight excluding hydrogens is 382 g/mol. The van der Waals surface area contributed by atoms with E-state index < -0.39 is 0 Å². The minimum absolute atomic E-state index is 0.255. The molecule has 1 aliphatic carbocycles. The molecule has 3 fully saturated rings. The zero-order chi connectivity index (χ0) is 19.7. The van der Waals surface area contributed by atoms with Crippen molar-refractivity contribution in [3.8, 4) is 0 Å². The Morgan fingerprint density at radius 3 is 2.86 bits per heavy atom. The molecule has 1 saturated carbocycles. The van der Waals surface area contributed by atoms with Gasteiger partial charge in [-0.15, -0.1) is 11.3 Å². The van der Waals surface area contributed by atoms with Gasteiger partial charge in [-0.1, -0.05) is 6.07 Å². The molecule has 0 spiro atoms. The fourth-order valence-corrected chi connectivity index (χ4v) is 5.74. The summed E-state index contributed by atoms with van der Waals surface area (Å²) < 4.78 is 0. The highest BCUT2D eigenvalue weighted by Crippen LogP contribution is 2.44. The number of nitrogens with one attached hydrogen (secondary N) is 1. The van der Waals surface area contributed by atoms with Crippen LogP contribution in [0, 0.1) is 17.3 Å². The molecule has 7 heteroatoms. The van der Waals surface area contributed by atoms with Gasteiger partial charge in [0.15, 0.2) is 0 Å². The van der Waals surface area contributed by atoms with E-state index in [-0.39, 0.29) is 11.3 Å². The summed E-state index contributed by atoms with van der Waals surface area (Å²) in [5.74, 6) is 2.00. The molecule has 2 atom stereocenters. The standard InChI is InChI=1S/C22H29N5OS/c28-20(25-12-17-5-6-17)22-7-2-10-26(15-19-4-1-11-29-19)13-18(22)14-27(16-22)21-23-8-3-9-24-21/h1,3-4,8-9,11,17-18H,2,5-7,10,12-16H2,(H,25,28)/t18-,22-/m0/s1. The van der Waals surface area contributed by atoms with Crippen molar-refractivity contribution < 1.29 is 4.79 Å². The summed E-state index contributed by atoms with van der Waals surface area (Å²) >= 11 is 1.82. The first-order chi connectivity index (χ1) is 14.2. The number of nitrogens with zero attached hydrogens (tertiary/aromatic N) is 4. The van der Waals surface area contributed by atoms with Crippen LogP contribution < -0.4 is 10.2 Å². The lowest BCUT2D eigenvalue weighted by atomic mass is 9.74. The van der Waals surface area contributed by atoms with Crippen molar-refractivity contribution in [2.24, 2.45) is 17.3 Å². The fraction of sp³-hybridized carbons (Fsp3) is 0.591. The van der Waals surface area contributed by atoms with E-state index in [0.717, 1.165) is 58.1 Å². The van der Waals surface area contributed by atoms with Gasteiger partial charge in [0, 0.05) is 55.9 Å². The molecule has 154 valence electrons. The Labute approximate surface area is 176 Å². The molecule has 5 rings (SSSR count). The Hall–Kier alpha value is -1.99. The number of fused-ring (bicyclic) bond motifs is 1. The number of hydrogen-bond donors (Lipinski definition) is 1. The van der Waals surface area contributed by atoms with E-state index in [1.54, 1.807) is 12.4 Å². The van der Waals surface area contributed by atoms with Crippen molar-refractivity contribution in [1.29, 1.82) is 0 Å². The number of carbonyl (C=O) groups is 1. The predicted octanol–water partition coefficient (Wildman–Crippen LogP) is 2.78. The average molecular weight is 412 g/mol. The molecule has 0 bridgehead atoms. The Balaban J connectivity index is 1.37. The van der Waals surface area contributed by atoms with Crippen LogP contribution in [0.1, 0.15) is 30.6 Å². The topological polar surface area (TPSA) is 61.4 Å². The highest BCUT2D eigenvalue weighted by molar-refractivity contribution is 7.09. The Kier molecular flexibility index (Phi) is 5.26. The zero-order valence-corrected chi connectivity index (χ0v) is 17.6. The molecule has 2 saturated heterocycles. The Morgan fingerprint density at radius 2 is 2.10 bits per heavy atom. The van der Waals surface area contributed by atoms with E-state index in [2.05, 4.69) is 42.6 Å². The van der Waals surface area contributed by atoms with Gasteiger partial charge in [-0.25, -0.2) is 9.97 Å². The first-order valence-electron chi connectivity index (χ1n) is 10.8. The summed E-state index contributed by atoms with van der Waals surface area (Å²) in [6.07, 6.45) is 8.10. The van der Waals surface area contributed by atoms with E-state index in [1.165, 1.54) is 17.7 Å². The smallest absolute Gasteiger partial charge is 0.228 e. The van der Waals surface area contributed by atoms with E-state index in [1.807, 2.05) is 17.4 Å². The van der Waals surface area contributed by atoms with E-state index in [9.17, 15) is 4.79 Å². The molecule has 4 heterocycles. The number of thiophene rings is 1. The highest BCUT2D eigenvalue weighted by Gasteiger charge is 2.53. The van der Waals surface area contributed by atoms with Gasteiger partial charge in [0.05, 0.1) is 5.41 Å². The first kappa shape index (κ1) is 19.0. The zero-order valence-electron chi connectivity index (χ0n) is 16.8. The molecule has 1 amide bonds. The SMILES string of the molecule is O=C(NCC1CC1)[C@]12CCCN(Cc3cccs3)C[C@H]1CN(c1ncccn1)C2. The quantitative estimate of drug-likeness (QED) is 0.792. The van der Waals surface area contributed by atoms with Gasteiger partial charge < -0.3 is 10.2 Å². The Bertz CT molecular complexity index is 825. The number of amides is 1. The third kappa shape index (κ3) is 4.03. The van der Waals surface area contributed by atoms with Crippen LogP contribution >= 0.6 is 11.3 Å². The molecule has 2 aromatic rings. The predicted molar refractivity (Wildman–Crippen MR) is 115 cm³/mol. The summed E-state index contributed by atoms with van der Waals surface area (Å²) in [6.45, 7) is 5.42. The minimum Gasteiger partial charge on any atom is -0.355 e. The lowest BCUT2D eigenvalue weighted by molar-refractivity contribution is -0.132. The summed E-state index contributed by atoms with van der Waals surface area (Å²) in [4.78, 5) is 28.6. The van der Waals surface area contributed by atoms with Gasteiger partial charge in [0.1, 0.15) is 0 Å². The van der Waals surface area contributed by atoms with Crippen LogP contribution in [-0.2, 0) is 11.3 Å². The maximum Gasteiger partial charge on any atom is 0.228 e. The highest BCUT2D eigenvalue weighted by atomic mass is 32.1. The number of carbonyl (C=O) groups excluding carboxylic acids is 1. The van der Waals surface area contributed by atoms with E-state index in [0.29, 0.717) is 11.8 Å². The van der Waals surface area contributed by atoms with Gasteiger partial charge in [-0.3, -0.25) is 9.69 Å². The van der Waals surface area contributed by atoms with Crippen LogP contribution in [0.15, 0.2) is 36.0 Å². The second-order valence-electron chi connectivity index (χ2n) is 8.85. The average Bonchev–Trinajstić information content (AvgIpc) is 3.36. The van der Waals surface area contributed by atoms with Crippen molar-refractivity contribution >= 4 is 23.2 Å². The van der Waals surface area contributed by atoms with Crippen LogP contribution in [0.2, 0.25) is 0 Å². The summed E-state index contributed by atoms with van der Waals surface area (Å²) in [5, 5.41) is 5.46. The summed E-state index contributed by atoms with van der Waals surface area (Å²) in [6, 6.07) is 6.18. The summed E-state index contributed by atoms with van der Waals surface area (Å²) in [7, 11) is 0. The van der Waals surface area contributed by atoms with E-state index in [4.69, 9.17) is 0 Å². The molecule has 0 aromatic carbocycles. The van der Waals surface area contributed by atoms with Gasteiger partial charge in [-0.2, -0.15) is 0 Å². The lowest BCUT2D eigenvalue weighted by Crippen LogP contribution is -2.48. The Morgan fingerprint density at radius 1 is 1.24 bits per heavy atom. The van der Waals surface area contributed by atoms with Crippen LogP contribution in [0.4, 0.5) is 5.95 Å². The molecule has 29 heavy (non-hydrogen) atoms. The molecule has 0 radical (unpaired) electrons. The number of aromatic nitrogens is 2. The third-order valence-electron chi connectivity index (χ3n) is 6.77. The van der Waals surface area contributed by atoms with Crippen molar-refractivity contribution in [3.05, 3.63) is 40.8 Å². The molecule has 6 nitrogen and oxygen atoms in total. The molecule has 2 aromatic heterocycles. The van der Waals surface area contributed by atoms with Crippen LogP contribution in [0.3, 0.4) is 0 Å². The second-order valence-corrected chi connectivity index (χ2v) is 9.89. The van der Waals surface area contributed by atoms with Crippen LogP contribution in [0.5, 0.6) is 0 Å². The maximum atomic E-state index is 13.5.